The highest BCUT2D eigenvalue weighted by Crippen LogP contribution is 2.34. The van der Waals surface area contributed by atoms with Crippen LogP contribution in [0.3, 0.4) is 0 Å². The first-order chi connectivity index (χ1) is 12.1. The number of nitrogens with two attached hydrogens (primary N) is 1. The number of hydrogen-bond acceptors (Lipinski definition) is 6. The molecular weight excluding hydrogens is 356 g/mol. The van der Waals surface area contributed by atoms with Gasteiger partial charge in [0.15, 0.2) is 12.4 Å². The van der Waals surface area contributed by atoms with E-state index in [-0.39, 0.29) is 30.8 Å². The Morgan fingerprint density at radius 3 is 2.85 bits per heavy atom. The topological polar surface area (TPSA) is 103 Å². The Labute approximate surface area is 158 Å². The number of nitrogens with one attached hydrogen (secondary N) is 1. The van der Waals surface area contributed by atoms with E-state index >= 15 is 0 Å². The van der Waals surface area contributed by atoms with Crippen LogP contribution in [0.1, 0.15) is 50.2 Å². The summed E-state index contributed by atoms with van der Waals surface area (Å²) in [6, 6.07) is 7.30. The van der Waals surface area contributed by atoms with Gasteiger partial charge in [-0.05, 0) is 37.8 Å². The maximum Gasteiger partial charge on any atom is 0.264 e. The smallest absolute Gasteiger partial charge is 0.264 e. The molecule has 0 radical (unpaired) electrons. The maximum absolute atomic E-state index is 11.8. The Bertz CT molecular complexity index is 769. The van der Waals surface area contributed by atoms with Gasteiger partial charge in [0, 0.05) is 17.7 Å². The first kappa shape index (κ1) is 18.7. The van der Waals surface area contributed by atoms with Crippen molar-refractivity contribution in [3.05, 3.63) is 36.0 Å². The van der Waals surface area contributed by atoms with Crippen molar-refractivity contribution in [3.63, 3.8) is 0 Å². The van der Waals surface area contributed by atoms with E-state index in [2.05, 4.69) is 15.5 Å². The minimum atomic E-state index is -0.464. The molecule has 2 aliphatic rings. The molecule has 0 atom stereocenters. The summed E-state index contributed by atoms with van der Waals surface area (Å²) in [6.45, 7) is 0.170. The maximum atomic E-state index is 11.8. The molecule has 7 nitrogen and oxygen atoms in total. The number of nitrogens with zero attached hydrogens (tertiary/aromatic N) is 2. The summed E-state index contributed by atoms with van der Waals surface area (Å²) in [6.07, 6.45) is 5.91. The molecule has 1 heterocycles. The summed E-state index contributed by atoms with van der Waals surface area (Å²) >= 11 is 0. The molecule has 2 aromatic rings. The van der Waals surface area contributed by atoms with Crippen LogP contribution in [-0.2, 0) is 16.9 Å². The number of carbonyl (C=O) groups excluding carboxylic acids is 1. The average molecular weight is 379 g/mol. The first-order valence-electron chi connectivity index (χ1n) is 8.78. The van der Waals surface area contributed by atoms with Crippen molar-refractivity contribution in [1.82, 2.24) is 10.1 Å². The molecule has 1 aromatic carbocycles. The summed E-state index contributed by atoms with van der Waals surface area (Å²) in [5.41, 5.74) is 6.60. The summed E-state index contributed by atoms with van der Waals surface area (Å²) < 4.78 is 11.0. The largest absolute Gasteiger partial charge is 0.484 e. The molecule has 0 unspecified atom stereocenters. The van der Waals surface area contributed by atoms with Crippen molar-refractivity contribution >= 4 is 24.0 Å². The van der Waals surface area contributed by atoms with Gasteiger partial charge >= 0.3 is 0 Å². The Kier molecular flexibility index (Phi) is 5.48. The molecule has 0 bridgehead atoms. The number of benzene rings is 1. The highest BCUT2D eigenvalue weighted by Gasteiger charge is 2.36. The minimum Gasteiger partial charge on any atom is -0.484 e. The lowest BCUT2D eigenvalue weighted by atomic mass is 9.99. The zero-order valence-corrected chi connectivity index (χ0v) is 15.3. The molecule has 26 heavy (non-hydrogen) atoms. The van der Waals surface area contributed by atoms with Crippen molar-refractivity contribution < 1.29 is 14.1 Å². The number of aromatic nitrogens is 2. The summed E-state index contributed by atoms with van der Waals surface area (Å²) in [5.74, 6) is 1.84. The van der Waals surface area contributed by atoms with E-state index < -0.39 is 5.54 Å². The van der Waals surface area contributed by atoms with E-state index in [0.717, 1.165) is 44.2 Å². The second kappa shape index (κ2) is 7.63. The van der Waals surface area contributed by atoms with Gasteiger partial charge in [-0.1, -0.05) is 24.1 Å². The van der Waals surface area contributed by atoms with Crippen LogP contribution in [0.2, 0.25) is 0 Å². The molecular formula is C18H23ClN4O3. The number of hydrogen-bond donors (Lipinski definition) is 2. The first-order valence-corrected chi connectivity index (χ1v) is 8.78. The van der Waals surface area contributed by atoms with Gasteiger partial charge in [0.05, 0.1) is 5.54 Å². The predicted molar refractivity (Wildman–Crippen MR) is 98.0 cm³/mol. The van der Waals surface area contributed by atoms with Crippen molar-refractivity contribution in [2.75, 3.05) is 5.32 Å². The molecule has 0 aliphatic heterocycles. The molecule has 2 fully saturated rings. The lowest BCUT2D eigenvalue weighted by Gasteiger charge is -2.17. The number of amides is 1. The van der Waals surface area contributed by atoms with Crippen LogP contribution in [0.5, 0.6) is 5.75 Å². The number of carbonyl (C=O) groups is 1. The van der Waals surface area contributed by atoms with Gasteiger partial charge in [0.2, 0.25) is 5.91 Å². The second-order valence-corrected chi connectivity index (χ2v) is 6.96. The molecule has 4 rings (SSSR count). The fourth-order valence-corrected chi connectivity index (χ4v) is 3.14. The quantitative estimate of drug-likeness (QED) is 0.800. The lowest BCUT2D eigenvalue weighted by molar-refractivity contribution is -0.117. The molecule has 1 amide bonds. The van der Waals surface area contributed by atoms with Crippen molar-refractivity contribution in [1.29, 1.82) is 0 Å². The van der Waals surface area contributed by atoms with Gasteiger partial charge in [0.1, 0.15) is 5.75 Å². The normalized spacial score (nSPS) is 18.2. The number of halogens is 1. The van der Waals surface area contributed by atoms with Gasteiger partial charge < -0.3 is 20.3 Å². The van der Waals surface area contributed by atoms with E-state index in [1.807, 2.05) is 18.2 Å². The van der Waals surface area contributed by atoms with Gasteiger partial charge in [-0.3, -0.25) is 4.79 Å². The third-order valence-corrected chi connectivity index (χ3v) is 4.82. The minimum absolute atomic E-state index is 0. The predicted octanol–water partition coefficient (Wildman–Crippen LogP) is 3.15. The van der Waals surface area contributed by atoms with E-state index in [1.165, 1.54) is 0 Å². The van der Waals surface area contributed by atoms with Gasteiger partial charge in [-0.25, -0.2) is 0 Å². The van der Waals surface area contributed by atoms with Gasteiger partial charge in [-0.15, -0.1) is 12.4 Å². The van der Waals surface area contributed by atoms with Crippen molar-refractivity contribution in [2.24, 2.45) is 11.7 Å². The van der Waals surface area contributed by atoms with Crippen LogP contribution in [-0.4, -0.2) is 16.0 Å². The summed E-state index contributed by atoms with van der Waals surface area (Å²) in [4.78, 5) is 16.2. The van der Waals surface area contributed by atoms with E-state index in [1.54, 1.807) is 6.07 Å². The number of rotatable bonds is 6. The molecule has 1 aromatic heterocycles. The highest BCUT2D eigenvalue weighted by molar-refractivity contribution is 5.94. The van der Waals surface area contributed by atoms with E-state index in [0.29, 0.717) is 17.5 Å². The Morgan fingerprint density at radius 2 is 2.12 bits per heavy atom. The Morgan fingerprint density at radius 1 is 1.35 bits per heavy atom. The third kappa shape index (κ3) is 4.16. The monoisotopic (exact) mass is 378 g/mol. The van der Waals surface area contributed by atoms with E-state index in [4.69, 9.17) is 15.0 Å². The van der Waals surface area contributed by atoms with Crippen LogP contribution in [0, 0.1) is 5.92 Å². The third-order valence-electron chi connectivity index (χ3n) is 4.82. The average Bonchev–Trinajstić information content (AvgIpc) is 3.19. The number of anilines is 1. The molecule has 2 saturated carbocycles. The summed E-state index contributed by atoms with van der Waals surface area (Å²) in [5, 5.41) is 6.92. The zero-order chi connectivity index (χ0) is 17.3. The highest BCUT2D eigenvalue weighted by atomic mass is 35.5. The Hall–Kier alpha value is -2.12. The fourth-order valence-electron chi connectivity index (χ4n) is 3.14. The van der Waals surface area contributed by atoms with Crippen LogP contribution >= 0.6 is 12.4 Å². The number of ether oxygens (including phenoxy) is 1. The SMILES string of the molecule is Cl.NC1(c2noc(COc3cccc(NC(=O)C4CC4)c3)n2)CCCC1. The van der Waals surface area contributed by atoms with Crippen molar-refractivity contribution in [2.45, 2.75) is 50.7 Å². The van der Waals surface area contributed by atoms with Crippen molar-refractivity contribution in [3.8, 4) is 5.75 Å². The van der Waals surface area contributed by atoms with Crippen LogP contribution in [0.15, 0.2) is 28.8 Å². The van der Waals surface area contributed by atoms with E-state index in [9.17, 15) is 4.79 Å². The molecule has 3 N–H and O–H groups in total. The zero-order valence-electron chi connectivity index (χ0n) is 14.4. The lowest BCUT2D eigenvalue weighted by Crippen LogP contribution is -2.34. The van der Waals surface area contributed by atoms with Crippen LogP contribution in [0.25, 0.3) is 0 Å². The fraction of sp³-hybridized carbons (Fsp3) is 0.500. The standard InChI is InChI=1S/C18H22N4O3.ClH/c19-18(8-1-2-9-18)17-21-15(25-22-17)11-24-14-5-3-4-13(10-14)20-16(23)12-6-7-12;/h3-5,10,12H,1-2,6-9,11,19H2,(H,20,23);1H. The molecule has 2 aliphatic carbocycles. The van der Waals surface area contributed by atoms with Crippen LogP contribution < -0.4 is 15.8 Å². The second-order valence-electron chi connectivity index (χ2n) is 6.96. The molecule has 0 spiro atoms. The van der Waals surface area contributed by atoms with Gasteiger partial charge in [-0.2, -0.15) is 4.98 Å². The Balaban J connectivity index is 0.00000196. The molecule has 140 valence electrons. The van der Waals surface area contributed by atoms with Crippen LogP contribution in [0.4, 0.5) is 5.69 Å². The van der Waals surface area contributed by atoms with Gasteiger partial charge in [0.25, 0.3) is 5.89 Å². The molecule has 8 heteroatoms. The molecule has 0 saturated heterocycles. The summed E-state index contributed by atoms with van der Waals surface area (Å²) in [7, 11) is 0.